The normalized spacial score (nSPS) is 10.5. The molecule has 0 radical (unpaired) electrons. The zero-order chi connectivity index (χ0) is 14.7. The van der Waals surface area contributed by atoms with Crippen LogP contribution in [-0.2, 0) is 0 Å². The summed E-state index contributed by atoms with van der Waals surface area (Å²) in [6.45, 7) is 0. The fourth-order valence-electron chi connectivity index (χ4n) is 1.83. The van der Waals surface area contributed by atoms with Gasteiger partial charge in [0.25, 0.3) is 0 Å². The molecule has 8 heteroatoms. The lowest BCUT2D eigenvalue weighted by atomic mass is 10.3. The van der Waals surface area contributed by atoms with E-state index in [1.54, 1.807) is 11.8 Å². The Bertz CT molecular complexity index is 808. The van der Waals surface area contributed by atoms with Crippen molar-refractivity contribution < 1.29 is 4.74 Å². The summed E-state index contributed by atoms with van der Waals surface area (Å²) in [5.41, 5.74) is 2.03. The highest BCUT2D eigenvalue weighted by molar-refractivity contribution is 7.99. The Labute approximate surface area is 124 Å². The zero-order valence-electron chi connectivity index (χ0n) is 11.1. The van der Waals surface area contributed by atoms with Gasteiger partial charge in [-0.1, -0.05) is 17.0 Å². The Kier molecular flexibility index (Phi) is 3.66. The van der Waals surface area contributed by atoms with Gasteiger partial charge >= 0.3 is 0 Å². The van der Waals surface area contributed by atoms with Crippen LogP contribution in [0.2, 0.25) is 0 Å². The summed E-state index contributed by atoms with van der Waals surface area (Å²) in [6.07, 6.45) is 1.45. The molecule has 0 saturated carbocycles. The van der Waals surface area contributed by atoms with Crippen molar-refractivity contribution in [2.24, 2.45) is 0 Å². The van der Waals surface area contributed by atoms with Gasteiger partial charge < -0.3 is 4.74 Å². The van der Waals surface area contributed by atoms with E-state index in [9.17, 15) is 0 Å². The van der Waals surface area contributed by atoms with Crippen molar-refractivity contribution in [1.29, 1.82) is 5.26 Å². The first-order chi connectivity index (χ1) is 10.3. The van der Waals surface area contributed by atoms with Gasteiger partial charge in [-0.05, 0) is 24.3 Å². The molecule has 1 aromatic carbocycles. The molecule has 0 aliphatic heterocycles. The van der Waals surface area contributed by atoms with E-state index in [1.807, 2.05) is 24.3 Å². The quantitative estimate of drug-likeness (QED) is 0.536. The highest BCUT2D eigenvalue weighted by Gasteiger charge is 2.13. The molecule has 0 spiro atoms. The topological polar surface area (TPSA) is 89.5 Å². The molecular formula is C13H10N6OS. The van der Waals surface area contributed by atoms with Gasteiger partial charge in [0.1, 0.15) is 17.1 Å². The monoisotopic (exact) mass is 298 g/mol. The highest BCUT2D eigenvalue weighted by atomic mass is 32.2. The van der Waals surface area contributed by atoms with Crippen molar-refractivity contribution in [2.75, 3.05) is 12.9 Å². The van der Waals surface area contributed by atoms with Gasteiger partial charge in [-0.3, -0.25) is 0 Å². The van der Waals surface area contributed by atoms with Crippen molar-refractivity contribution in [3.63, 3.8) is 0 Å². The fraction of sp³-hybridized carbons (Fsp3) is 0.154. The van der Waals surface area contributed by atoms with Gasteiger partial charge in [0.05, 0.1) is 24.6 Å². The predicted molar refractivity (Wildman–Crippen MR) is 77.3 cm³/mol. The zero-order valence-corrected chi connectivity index (χ0v) is 11.9. The number of ether oxygens (including phenoxy) is 1. The summed E-state index contributed by atoms with van der Waals surface area (Å²) in [5, 5.41) is 17.6. The van der Waals surface area contributed by atoms with Gasteiger partial charge in [-0.25, -0.2) is 9.97 Å². The molecule has 0 aliphatic carbocycles. The minimum absolute atomic E-state index is 0.307. The van der Waals surface area contributed by atoms with Crippen LogP contribution in [0.5, 0.6) is 5.75 Å². The Morgan fingerprint density at radius 1 is 1.29 bits per heavy atom. The molecule has 2 heterocycles. The maximum Gasteiger partial charge on any atom is 0.187 e. The van der Waals surface area contributed by atoms with Gasteiger partial charge in [0.2, 0.25) is 0 Å². The molecule has 3 rings (SSSR count). The van der Waals surface area contributed by atoms with Crippen LogP contribution < -0.4 is 4.74 Å². The number of rotatable bonds is 4. The van der Waals surface area contributed by atoms with Crippen molar-refractivity contribution in [1.82, 2.24) is 25.0 Å². The average Bonchev–Trinajstić information content (AvgIpc) is 2.97. The average molecular weight is 298 g/mol. The summed E-state index contributed by atoms with van der Waals surface area (Å²) in [6, 6.07) is 9.50. The Morgan fingerprint density at radius 3 is 2.81 bits per heavy atom. The van der Waals surface area contributed by atoms with Crippen molar-refractivity contribution in [3.8, 4) is 17.5 Å². The van der Waals surface area contributed by atoms with Crippen molar-refractivity contribution in [2.45, 2.75) is 5.03 Å². The smallest absolute Gasteiger partial charge is 0.187 e. The number of methoxy groups -OCH3 is 1. The second-order valence-corrected chi connectivity index (χ2v) is 4.96. The Morgan fingerprint density at radius 2 is 2.10 bits per heavy atom. The highest BCUT2D eigenvalue weighted by Crippen LogP contribution is 2.24. The molecule has 0 saturated heterocycles. The number of fused-ring (bicyclic) bond motifs is 1. The van der Waals surface area contributed by atoms with E-state index in [0.717, 1.165) is 11.4 Å². The maximum atomic E-state index is 8.66. The van der Waals surface area contributed by atoms with Crippen LogP contribution >= 0.6 is 11.8 Å². The molecule has 2 aromatic heterocycles. The van der Waals surface area contributed by atoms with Crippen molar-refractivity contribution >= 4 is 22.9 Å². The third kappa shape index (κ3) is 2.51. The first kappa shape index (κ1) is 13.3. The fourth-order valence-corrected chi connectivity index (χ4v) is 2.42. The number of aromatic nitrogens is 5. The van der Waals surface area contributed by atoms with Crippen LogP contribution in [0.15, 0.2) is 35.6 Å². The molecule has 0 fully saturated rings. The molecular weight excluding hydrogens is 288 g/mol. The summed E-state index contributed by atoms with van der Waals surface area (Å²) >= 11 is 1.32. The van der Waals surface area contributed by atoms with Gasteiger partial charge in [-0.15, -0.1) is 5.10 Å². The van der Waals surface area contributed by atoms with E-state index in [0.29, 0.717) is 21.9 Å². The van der Waals surface area contributed by atoms with E-state index < -0.39 is 0 Å². The number of benzene rings is 1. The van der Waals surface area contributed by atoms with Crippen LogP contribution in [0.1, 0.15) is 0 Å². The summed E-state index contributed by atoms with van der Waals surface area (Å²) in [4.78, 5) is 8.37. The van der Waals surface area contributed by atoms with E-state index in [-0.39, 0.29) is 0 Å². The third-order valence-corrected chi connectivity index (χ3v) is 3.64. The number of nitriles is 1. The van der Waals surface area contributed by atoms with Gasteiger partial charge in [-0.2, -0.15) is 9.94 Å². The lowest BCUT2D eigenvalue weighted by Gasteiger charge is -2.03. The molecule has 104 valence electrons. The minimum atomic E-state index is 0.307. The second-order valence-electron chi connectivity index (χ2n) is 4.00. The van der Waals surface area contributed by atoms with E-state index in [2.05, 4.69) is 26.3 Å². The molecule has 0 bridgehead atoms. The van der Waals surface area contributed by atoms with E-state index >= 15 is 0 Å². The third-order valence-electron chi connectivity index (χ3n) is 2.79. The van der Waals surface area contributed by atoms with Crippen LogP contribution in [0.3, 0.4) is 0 Å². The number of thioether (sulfide) groups is 1. The van der Waals surface area contributed by atoms with Gasteiger partial charge in [0, 0.05) is 0 Å². The van der Waals surface area contributed by atoms with Crippen LogP contribution in [0, 0.1) is 11.3 Å². The summed E-state index contributed by atoms with van der Waals surface area (Å²) < 4.78 is 6.76. The van der Waals surface area contributed by atoms with Crippen LogP contribution in [0.25, 0.3) is 16.9 Å². The molecule has 0 amide bonds. The molecule has 3 aromatic rings. The first-order valence-electron chi connectivity index (χ1n) is 6.04. The predicted octanol–water partition coefficient (Wildman–Crippen LogP) is 1.83. The number of nitrogens with zero attached hydrogens (tertiary/aromatic N) is 6. The lowest BCUT2D eigenvalue weighted by Crippen LogP contribution is -1.98. The molecule has 0 unspecified atom stereocenters. The summed E-state index contributed by atoms with van der Waals surface area (Å²) in [7, 11) is 1.62. The molecule has 21 heavy (non-hydrogen) atoms. The van der Waals surface area contributed by atoms with E-state index in [1.165, 1.54) is 18.1 Å². The minimum Gasteiger partial charge on any atom is -0.497 e. The van der Waals surface area contributed by atoms with Crippen LogP contribution in [-0.4, -0.2) is 37.8 Å². The SMILES string of the molecule is COc1ccc(-n2nnc3c(SCC#N)ncnc32)cc1. The largest absolute Gasteiger partial charge is 0.497 e. The standard InChI is InChI=1S/C13H10N6OS/c1-20-10-4-2-9(3-5-10)19-12-11(17-18-19)13(16-8-15-12)21-7-6-14/h2-5,8H,7H2,1H3. The van der Waals surface area contributed by atoms with Crippen LogP contribution in [0.4, 0.5) is 0 Å². The second kappa shape index (κ2) is 5.76. The van der Waals surface area contributed by atoms with E-state index in [4.69, 9.17) is 10.00 Å². The Balaban J connectivity index is 2.05. The first-order valence-corrected chi connectivity index (χ1v) is 7.02. The number of hydrogen-bond acceptors (Lipinski definition) is 7. The number of hydrogen-bond donors (Lipinski definition) is 0. The maximum absolute atomic E-state index is 8.66. The lowest BCUT2D eigenvalue weighted by molar-refractivity contribution is 0.414. The molecule has 7 nitrogen and oxygen atoms in total. The Hall–Kier alpha value is -2.66. The summed E-state index contributed by atoms with van der Waals surface area (Å²) in [5.74, 6) is 1.07. The molecule has 0 aliphatic rings. The molecule has 0 N–H and O–H groups in total. The molecule has 0 atom stereocenters. The van der Waals surface area contributed by atoms with Crippen molar-refractivity contribution in [3.05, 3.63) is 30.6 Å². The van der Waals surface area contributed by atoms with Gasteiger partial charge in [0.15, 0.2) is 11.2 Å².